The van der Waals surface area contributed by atoms with Crippen molar-refractivity contribution in [1.82, 2.24) is 15.5 Å². The van der Waals surface area contributed by atoms with Gasteiger partial charge in [0, 0.05) is 6.54 Å². The summed E-state index contributed by atoms with van der Waals surface area (Å²) in [6, 6.07) is 8.49. The van der Waals surface area contributed by atoms with Crippen molar-refractivity contribution in [3.05, 3.63) is 35.9 Å². The molecule has 0 radical (unpaired) electrons. The number of benzene rings is 1. The van der Waals surface area contributed by atoms with Crippen molar-refractivity contribution in [1.29, 1.82) is 0 Å². The number of ether oxygens (including phenoxy) is 1. The first-order valence-corrected chi connectivity index (χ1v) is 8.27. The number of nitrogens with two attached hydrogens (primary N) is 1. The molecular formula is C17H22N4O5. The fourth-order valence-corrected chi connectivity index (χ4v) is 2.65. The molecule has 0 unspecified atom stereocenters. The lowest BCUT2D eigenvalue weighted by Gasteiger charge is -2.23. The second-order valence-corrected chi connectivity index (χ2v) is 5.84. The van der Waals surface area contributed by atoms with Crippen LogP contribution in [0.3, 0.4) is 0 Å². The number of hydrogen-bond acceptors (Lipinski definition) is 5. The van der Waals surface area contributed by atoms with E-state index in [1.54, 1.807) is 0 Å². The predicted molar refractivity (Wildman–Crippen MR) is 91.6 cm³/mol. The van der Waals surface area contributed by atoms with Crippen LogP contribution in [0.15, 0.2) is 30.3 Å². The highest BCUT2D eigenvalue weighted by molar-refractivity contribution is 5.91. The molecule has 0 saturated carbocycles. The molecule has 2 rings (SSSR count). The number of carbonyl (C=O) groups excluding carboxylic acids is 4. The summed E-state index contributed by atoms with van der Waals surface area (Å²) in [6.07, 6.45) is 0.448. The van der Waals surface area contributed by atoms with Gasteiger partial charge in [-0.25, -0.2) is 4.79 Å². The van der Waals surface area contributed by atoms with Gasteiger partial charge in [0.2, 0.25) is 17.7 Å². The molecule has 1 saturated heterocycles. The highest BCUT2D eigenvalue weighted by atomic mass is 16.5. The topological polar surface area (TPSA) is 131 Å². The van der Waals surface area contributed by atoms with Gasteiger partial charge in [-0.1, -0.05) is 30.3 Å². The average molecular weight is 362 g/mol. The van der Waals surface area contributed by atoms with Gasteiger partial charge >= 0.3 is 6.09 Å². The Morgan fingerprint density at radius 1 is 1.12 bits per heavy atom. The van der Waals surface area contributed by atoms with Crippen LogP contribution in [0, 0.1) is 0 Å². The maximum Gasteiger partial charge on any atom is 0.407 e. The number of amides is 4. The molecule has 1 atom stereocenters. The van der Waals surface area contributed by atoms with Gasteiger partial charge in [-0.2, -0.15) is 0 Å². The zero-order valence-electron chi connectivity index (χ0n) is 14.3. The normalized spacial score (nSPS) is 16.0. The quantitative estimate of drug-likeness (QED) is 0.602. The van der Waals surface area contributed by atoms with E-state index >= 15 is 0 Å². The summed E-state index contributed by atoms with van der Waals surface area (Å²) in [5, 5.41) is 4.77. The second-order valence-electron chi connectivity index (χ2n) is 5.84. The molecule has 1 aliphatic rings. The zero-order chi connectivity index (χ0) is 18.9. The van der Waals surface area contributed by atoms with Crippen LogP contribution in [0.5, 0.6) is 0 Å². The van der Waals surface area contributed by atoms with Crippen molar-refractivity contribution < 1.29 is 23.9 Å². The van der Waals surface area contributed by atoms with Crippen molar-refractivity contribution in [2.24, 2.45) is 5.73 Å². The molecule has 1 heterocycles. The van der Waals surface area contributed by atoms with Crippen molar-refractivity contribution in [2.75, 3.05) is 19.6 Å². The van der Waals surface area contributed by atoms with E-state index in [0.29, 0.717) is 19.4 Å². The summed E-state index contributed by atoms with van der Waals surface area (Å²) in [4.78, 5) is 48.1. The van der Waals surface area contributed by atoms with Gasteiger partial charge in [0.1, 0.15) is 19.2 Å². The predicted octanol–water partition coefficient (Wildman–Crippen LogP) is -0.495. The van der Waals surface area contributed by atoms with Crippen LogP contribution in [-0.4, -0.2) is 54.4 Å². The van der Waals surface area contributed by atoms with Crippen LogP contribution >= 0.6 is 0 Å². The Hall–Kier alpha value is -3.10. The summed E-state index contributed by atoms with van der Waals surface area (Å²) < 4.78 is 5.03. The lowest BCUT2D eigenvalue weighted by Crippen LogP contribution is -2.50. The van der Waals surface area contributed by atoms with Gasteiger partial charge in [0.25, 0.3) is 0 Å². The molecule has 140 valence electrons. The van der Waals surface area contributed by atoms with E-state index in [1.807, 2.05) is 30.3 Å². The van der Waals surface area contributed by atoms with Crippen LogP contribution < -0.4 is 16.4 Å². The molecule has 26 heavy (non-hydrogen) atoms. The van der Waals surface area contributed by atoms with Gasteiger partial charge in [0.15, 0.2) is 0 Å². The Balaban J connectivity index is 1.76. The molecule has 4 amide bonds. The SMILES string of the molecule is NC(=O)CNC(=O)[C@@H]1CCCN1C(=O)CNC(=O)OCc1ccccc1. The number of likely N-dealkylation sites (tertiary alicyclic amines) is 1. The minimum atomic E-state index is -0.712. The molecule has 9 nitrogen and oxygen atoms in total. The monoisotopic (exact) mass is 362 g/mol. The number of rotatable bonds is 7. The number of primary amides is 1. The van der Waals surface area contributed by atoms with Gasteiger partial charge in [-0.3, -0.25) is 14.4 Å². The fourth-order valence-electron chi connectivity index (χ4n) is 2.65. The van der Waals surface area contributed by atoms with E-state index < -0.39 is 29.9 Å². The van der Waals surface area contributed by atoms with E-state index in [2.05, 4.69) is 10.6 Å². The molecule has 1 aromatic rings. The third kappa shape index (κ3) is 5.76. The highest BCUT2D eigenvalue weighted by Crippen LogP contribution is 2.17. The first-order valence-electron chi connectivity index (χ1n) is 8.27. The molecule has 0 spiro atoms. The third-order valence-corrected chi connectivity index (χ3v) is 3.91. The highest BCUT2D eigenvalue weighted by Gasteiger charge is 2.33. The van der Waals surface area contributed by atoms with Crippen LogP contribution in [-0.2, 0) is 25.7 Å². The third-order valence-electron chi connectivity index (χ3n) is 3.91. The average Bonchev–Trinajstić information content (AvgIpc) is 3.13. The van der Waals surface area contributed by atoms with Gasteiger partial charge in [0.05, 0.1) is 6.54 Å². The van der Waals surface area contributed by atoms with Gasteiger partial charge in [-0.05, 0) is 18.4 Å². The molecule has 9 heteroatoms. The summed E-state index contributed by atoms with van der Waals surface area (Å²) in [5.41, 5.74) is 5.82. The summed E-state index contributed by atoms with van der Waals surface area (Å²) >= 11 is 0. The van der Waals surface area contributed by atoms with Crippen molar-refractivity contribution in [3.63, 3.8) is 0 Å². The van der Waals surface area contributed by atoms with Crippen LogP contribution in [0.4, 0.5) is 4.79 Å². The summed E-state index contributed by atoms with van der Waals surface area (Å²) in [5.74, 6) is -1.48. The van der Waals surface area contributed by atoms with E-state index in [0.717, 1.165) is 5.56 Å². The molecular weight excluding hydrogens is 340 g/mol. The zero-order valence-corrected chi connectivity index (χ0v) is 14.3. The Morgan fingerprint density at radius 2 is 1.85 bits per heavy atom. The van der Waals surface area contributed by atoms with Crippen molar-refractivity contribution in [3.8, 4) is 0 Å². The maximum absolute atomic E-state index is 12.3. The maximum atomic E-state index is 12.3. The van der Waals surface area contributed by atoms with Crippen molar-refractivity contribution in [2.45, 2.75) is 25.5 Å². The second kappa shape index (κ2) is 9.40. The fraction of sp³-hybridized carbons (Fsp3) is 0.412. The Morgan fingerprint density at radius 3 is 2.54 bits per heavy atom. The van der Waals surface area contributed by atoms with E-state index in [-0.39, 0.29) is 19.7 Å². The smallest absolute Gasteiger partial charge is 0.407 e. The first-order chi connectivity index (χ1) is 12.5. The lowest BCUT2D eigenvalue weighted by atomic mass is 10.2. The Kier molecular flexibility index (Phi) is 6.95. The molecule has 0 bridgehead atoms. The summed E-state index contributed by atoms with van der Waals surface area (Å²) in [7, 11) is 0. The van der Waals surface area contributed by atoms with Crippen LogP contribution in [0.2, 0.25) is 0 Å². The molecule has 1 aromatic carbocycles. The number of carbonyl (C=O) groups is 4. The largest absolute Gasteiger partial charge is 0.445 e. The molecule has 4 N–H and O–H groups in total. The van der Waals surface area contributed by atoms with Crippen LogP contribution in [0.1, 0.15) is 18.4 Å². The lowest BCUT2D eigenvalue weighted by molar-refractivity contribution is -0.138. The van der Waals surface area contributed by atoms with Crippen molar-refractivity contribution >= 4 is 23.8 Å². The number of nitrogens with zero attached hydrogens (tertiary/aromatic N) is 1. The Bertz CT molecular complexity index is 664. The minimum absolute atomic E-state index is 0.0999. The van der Waals surface area contributed by atoms with E-state index in [9.17, 15) is 19.2 Å². The first kappa shape index (κ1) is 19.2. The number of hydrogen-bond donors (Lipinski definition) is 3. The number of nitrogens with one attached hydrogen (secondary N) is 2. The number of alkyl carbamates (subject to hydrolysis) is 1. The molecule has 1 aliphatic heterocycles. The Labute approximate surface area is 150 Å². The van der Waals surface area contributed by atoms with Crippen LogP contribution in [0.25, 0.3) is 0 Å². The molecule has 0 aromatic heterocycles. The van der Waals surface area contributed by atoms with Gasteiger partial charge in [-0.15, -0.1) is 0 Å². The molecule has 0 aliphatic carbocycles. The van der Waals surface area contributed by atoms with E-state index in [4.69, 9.17) is 10.5 Å². The standard InChI is InChI=1S/C17H22N4O5/c18-14(22)9-19-16(24)13-7-4-8-21(13)15(23)10-20-17(25)26-11-12-5-2-1-3-6-12/h1-3,5-6,13H,4,7-11H2,(H2,18,22)(H,19,24)(H,20,25)/t13-/m0/s1. The minimum Gasteiger partial charge on any atom is -0.445 e. The molecule has 1 fully saturated rings. The van der Waals surface area contributed by atoms with Gasteiger partial charge < -0.3 is 26.0 Å². The summed E-state index contributed by atoms with van der Waals surface area (Å²) in [6.45, 7) is -0.0361. The van der Waals surface area contributed by atoms with E-state index in [1.165, 1.54) is 4.90 Å².